The van der Waals surface area contributed by atoms with Crippen molar-refractivity contribution in [2.75, 3.05) is 0 Å². The Balaban J connectivity index is 0.000000309. The van der Waals surface area contributed by atoms with Crippen LogP contribution in [0.2, 0.25) is 0 Å². The summed E-state index contributed by atoms with van der Waals surface area (Å²) in [5.41, 5.74) is 2.34. The molecule has 0 aliphatic rings. The fourth-order valence-corrected chi connectivity index (χ4v) is 1.86. The summed E-state index contributed by atoms with van der Waals surface area (Å²) in [6.45, 7) is 0. The lowest BCUT2D eigenvalue weighted by atomic mass is 10.3. The minimum Gasteiger partial charge on any atom is -0.418 e. The van der Waals surface area contributed by atoms with Crippen molar-refractivity contribution in [2.24, 2.45) is 0 Å². The van der Waals surface area contributed by atoms with Crippen LogP contribution < -0.4 is 4.57 Å². The molecule has 0 amide bonds. The molecule has 0 aliphatic heterocycles. The Labute approximate surface area is 125 Å². The van der Waals surface area contributed by atoms with Crippen molar-refractivity contribution in [2.45, 2.75) is 0 Å². The molecule has 114 valence electrons. The van der Waals surface area contributed by atoms with Crippen molar-refractivity contribution in [1.29, 1.82) is 0 Å². The van der Waals surface area contributed by atoms with E-state index in [9.17, 15) is 17.3 Å². The normalized spacial score (nSPS) is 10.7. The minimum absolute atomic E-state index is 1.17. The van der Waals surface area contributed by atoms with Gasteiger partial charge in [0.05, 0.1) is 0 Å². The molecule has 22 heavy (non-hydrogen) atoms. The molecule has 0 radical (unpaired) electrons. The van der Waals surface area contributed by atoms with Crippen LogP contribution in [0, 0.1) is 0 Å². The van der Waals surface area contributed by atoms with Crippen molar-refractivity contribution < 1.29 is 21.8 Å². The molecule has 3 rings (SSSR count). The summed E-state index contributed by atoms with van der Waals surface area (Å²) < 4.78 is 43.2. The molecule has 3 aromatic rings. The van der Waals surface area contributed by atoms with Gasteiger partial charge in [0.25, 0.3) is 6.33 Å². The number of hydrogen-bond acceptors (Lipinski definition) is 0. The summed E-state index contributed by atoms with van der Waals surface area (Å²) in [7, 11) is -6.00. The molecular formula is C15H13BF4N2. The summed E-state index contributed by atoms with van der Waals surface area (Å²) in [5, 5.41) is 0. The summed E-state index contributed by atoms with van der Waals surface area (Å²) in [6, 6.07) is 20.6. The van der Waals surface area contributed by atoms with Gasteiger partial charge in [-0.05, 0) is 24.3 Å². The fraction of sp³-hybridized carbons (Fsp3) is 0. The summed E-state index contributed by atoms with van der Waals surface area (Å²) in [4.78, 5) is 0. The van der Waals surface area contributed by atoms with Crippen molar-refractivity contribution in [3.63, 3.8) is 0 Å². The molecule has 0 bridgehead atoms. The van der Waals surface area contributed by atoms with E-state index in [1.54, 1.807) is 0 Å². The monoisotopic (exact) mass is 308 g/mol. The molecule has 0 aliphatic carbocycles. The van der Waals surface area contributed by atoms with Gasteiger partial charge in [0, 0.05) is 0 Å². The largest absolute Gasteiger partial charge is 0.673 e. The molecule has 0 saturated carbocycles. The molecule has 0 atom stereocenters. The first-order valence-electron chi connectivity index (χ1n) is 6.51. The second kappa shape index (κ2) is 6.93. The summed E-state index contributed by atoms with van der Waals surface area (Å²) >= 11 is 0. The highest BCUT2D eigenvalue weighted by molar-refractivity contribution is 6.50. The van der Waals surface area contributed by atoms with E-state index in [0.717, 1.165) is 0 Å². The highest BCUT2D eigenvalue weighted by Crippen LogP contribution is 2.07. The van der Waals surface area contributed by atoms with E-state index in [2.05, 4.69) is 52.1 Å². The van der Waals surface area contributed by atoms with Crippen LogP contribution >= 0.6 is 0 Å². The van der Waals surface area contributed by atoms with Gasteiger partial charge in [-0.1, -0.05) is 36.4 Å². The number of nitrogens with zero attached hydrogens (tertiary/aromatic N) is 2. The number of benzene rings is 2. The lowest BCUT2D eigenvalue weighted by Gasteiger charge is -1.94. The van der Waals surface area contributed by atoms with E-state index >= 15 is 0 Å². The Kier molecular flexibility index (Phi) is 4.98. The quantitative estimate of drug-likeness (QED) is 0.384. The lowest BCUT2D eigenvalue weighted by molar-refractivity contribution is -0.594. The molecule has 2 aromatic carbocycles. The third-order valence-corrected chi connectivity index (χ3v) is 2.75. The van der Waals surface area contributed by atoms with Gasteiger partial charge in [-0.3, -0.25) is 0 Å². The number of aromatic nitrogens is 2. The third kappa shape index (κ3) is 5.08. The van der Waals surface area contributed by atoms with Crippen LogP contribution in [0.25, 0.3) is 11.4 Å². The highest BCUT2D eigenvalue weighted by Gasteiger charge is 2.20. The van der Waals surface area contributed by atoms with Crippen molar-refractivity contribution >= 4 is 7.25 Å². The van der Waals surface area contributed by atoms with Crippen LogP contribution in [0.5, 0.6) is 0 Å². The van der Waals surface area contributed by atoms with Gasteiger partial charge < -0.3 is 17.3 Å². The first kappa shape index (κ1) is 15.8. The molecular weight excluding hydrogens is 295 g/mol. The maximum Gasteiger partial charge on any atom is 0.673 e. The van der Waals surface area contributed by atoms with E-state index in [0.29, 0.717) is 0 Å². The number of rotatable bonds is 2. The topological polar surface area (TPSA) is 8.81 Å². The van der Waals surface area contributed by atoms with Gasteiger partial charge in [0.1, 0.15) is 23.8 Å². The van der Waals surface area contributed by atoms with Crippen molar-refractivity contribution in [1.82, 2.24) is 4.57 Å². The molecule has 7 heteroatoms. The zero-order valence-electron chi connectivity index (χ0n) is 11.5. The third-order valence-electron chi connectivity index (χ3n) is 2.75. The second-order valence-corrected chi connectivity index (χ2v) is 4.39. The van der Waals surface area contributed by atoms with Gasteiger partial charge >= 0.3 is 7.25 Å². The Morgan fingerprint density at radius 2 is 1.27 bits per heavy atom. The van der Waals surface area contributed by atoms with Gasteiger partial charge in [-0.25, -0.2) is 9.13 Å². The Bertz CT molecular complexity index is 636. The van der Waals surface area contributed by atoms with Crippen molar-refractivity contribution in [3.05, 3.63) is 79.4 Å². The smallest absolute Gasteiger partial charge is 0.418 e. The molecule has 0 saturated heterocycles. The lowest BCUT2D eigenvalue weighted by Crippen LogP contribution is -2.27. The van der Waals surface area contributed by atoms with Crippen LogP contribution in [0.1, 0.15) is 0 Å². The zero-order chi connectivity index (χ0) is 16.0. The van der Waals surface area contributed by atoms with Crippen molar-refractivity contribution in [3.8, 4) is 11.4 Å². The first-order chi connectivity index (χ1) is 10.4. The van der Waals surface area contributed by atoms with E-state index in [1.807, 2.05) is 36.4 Å². The standard InChI is InChI=1S/C15H13N2.BF4/c1-3-7-14(8-4-1)16-11-12-17(13-16)15-9-5-2-6-10-15;2-1(3,4)5/h1-13H;/q+1;-1. The Hall–Kier alpha value is -2.57. The van der Waals surface area contributed by atoms with Gasteiger partial charge in [0.15, 0.2) is 0 Å². The van der Waals surface area contributed by atoms with E-state index in [-0.39, 0.29) is 0 Å². The number of imidazole rings is 1. The molecule has 2 nitrogen and oxygen atoms in total. The number of para-hydroxylation sites is 2. The van der Waals surface area contributed by atoms with Crippen LogP contribution in [-0.2, 0) is 0 Å². The maximum atomic E-state index is 9.75. The van der Waals surface area contributed by atoms with Crippen LogP contribution in [0.3, 0.4) is 0 Å². The van der Waals surface area contributed by atoms with Gasteiger partial charge in [-0.15, -0.1) is 0 Å². The molecule has 0 unspecified atom stereocenters. The Morgan fingerprint density at radius 3 is 1.82 bits per heavy atom. The average molecular weight is 308 g/mol. The summed E-state index contributed by atoms with van der Waals surface area (Å²) in [5.74, 6) is 0. The van der Waals surface area contributed by atoms with E-state index in [1.165, 1.54) is 11.4 Å². The minimum atomic E-state index is -6.00. The predicted molar refractivity (Wildman–Crippen MR) is 77.5 cm³/mol. The molecule has 0 spiro atoms. The van der Waals surface area contributed by atoms with Crippen LogP contribution in [-0.4, -0.2) is 11.8 Å². The summed E-state index contributed by atoms with van der Waals surface area (Å²) in [6.07, 6.45) is 6.19. The number of halogens is 4. The van der Waals surface area contributed by atoms with Crippen LogP contribution in [0.15, 0.2) is 79.4 Å². The Morgan fingerprint density at radius 1 is 0.773 bits per heavy atom. The molecule has 0 fully saturated rings. The maximum absolute atomic E-state index is 9.75. The van der Waals surface area contributed by atoms with E-state index < -0.39 is 7.25 Å². The number of hydrogen-bond donors (Lipinski definition) is 0. The average Bonchev–Trinajstić information content (AvgIpc) is 2.97. The van der Waals surface area contributed by atoms with E-state index in [4.69, 9.17) is 0 Å². The SMILES string of the molecule is F[B-](F)(F)F.c1ccc(-n2cc[n+](-c3ccccc3)c2)cc1. The molecule has 0 N–H and O–H groups in total. The fourth-order valence-electron chi connectivity index (χ4n) is 1.86. The molecule has 1 heterocycles. The first-order valence-corrected chi connectivity index (χ1v) is 6.51. The van der Waals surface area contributed by atoms with Gasteiger partial charge in [0.2, 0.25) is 0 Å². The zero-order valence-corrected chi connectivity index (χ0v) is 11.5. The highest BCUT2D eigenvalue weighted by atomic mass is 19.5. The second-order valence-electron chi connectivity index (χ2n) is 4.39. The van der Waals surface area contributed by atoms with Gasteiger partial charge in [-0.2, -0.15) is 0 Å². The predicted octanol–water partition coefficient (Wildman–Crippen LogP) is 4.05. The molecule has 1 aromatic heterocycles. The van der Waals surface area contributed by atoms with Crippen LogP contribution in [0.4, 0.5) is 17.3 Å².